The van der Waals surface area contributed by atoms with Crippen LogP contribution < -0.4 is 10.5 Å². The minimum Gasteiger partial charge on any atom is -0.489 e. The number of carbonyl (C=O) groups excluding carboxylic acids is 1. The molecule has 2 aliphatic heterocycles. The van der Waals surface area contributed by atoms with Gasteiger partial charge in [-0.3, -0.25) is 4.79 Å². The fraction of sp³-hybridized carbons (Fsp3) is 0.375. The second-order valence-corrected chi connectivity index (χ2v) is 8.62. The summed E-state index contributed by atoms with van der Waals surface area (Å²) >= 11 is 0. The minimum atomic E-state index is -0.00422. The smallest absolute Gasteiger partial charge is 0.254 e. The largest absolute Gasteiger partial charge is 0.489 e. The Morgan fingerprint density at radius 1 is 1.28 bits per heavy atom. The number of hydrogen-bond donors (Lipinski definition) is 1. The summed E-state index contributed by atoms with van der Waals surface area (Å²) in [5.74, 6) is 1.60. The first-order chi connectivity index (χ1) is 15.6. The molecule has 5 heterocycles. The van der Waals surface area contributed by atoms with Gasteiger partial charge in [0.05, 0.1) is 17.8 Å². The monoisotopic (exact) mass is 430 g/mol. The van der Waals surface area contributed by atoms with Gasteiger partial charge in [-0.25, -0.2) is 9.97 Å². The van der Waals surface area contributed by atoms with E-state index in [9.17, 15) is 4.79 Å². The average Bonchev–Trinajstić information content (AvgIpc) is 3.37. The summed E-state index contributed by atoms with van der Waals surface area (Å²) in [6.45, 7) is 5.50. The van der Waals surface area contributed by atoms with Crippen molar-refractivity contribution in [3.05, 3.63) is 42.1 Å². The quantitative estimate of drug-likeness (QED) is 0.539. The molecule has 1 fully saturated rings. The lowest BCUT2D eigenvalue weighted by molar-refractivity contribution is 0.0708. The van der Waals surface area contributed by atoms with Gasteiger partial charge in [0.2, 0.25) is 0 Å². The number of piperidine rings is 1. The van der Waals surface area contributed by atoms with Crippen LogP contribution >= 0.6 is 0 Å². The van der Waals surface area contributed by atoms with E-state index in [1.807, 2.05) is 29.3 Å². The van der Waals surface area contributed by atoms with Crippen molar-refractivity contribution in [1.82, 2.24) is 24.0 Å². The highest BCUT2D eigenvalue weighted by molar-refractivity contribution is 6.00. The Bertz CT molecular complexity index is 1350. The Hall–Kier alpha value is -3.39. The molecule has 32 heavy (non-hydrogen) atoms. The number of ether oxygens (including phenoxy) is 1. The second-order valence-electron chi connectivity index (χ2n) is 8.62. The van der Waals surface area contributed by atoms with E-state index in [1.54, 1.807) is 0 Å². The van der Waals surface area contributed by atoms with E-state index in [-0.39, 0.29) is 11.9 Å². The molecule has 8 heteroatoms. The number of pyridine rings is 1. The highest BCUT2D eigenvalue weighted by Gasteiger charge is 2.27. The molecular formula is C24H26N6O2. The molecule has 2 aliphatic rings. The Morgan fingerprint density at radius 2 is 2.19 bits per heavy atom. The molecule has 0 unspecified atom stereocenters. The molecule has 0 aliphatic carbocycles. The Balaban J connectivity index is 1.50. The number of aromatic nitrogens is 4. The first-order valence-corrected chi connectivity index (χ1v) is 11.3. The summed E-state index contributed by atoms with van der Waals surface area (Å²) in [5, 5.41) is 1.09. The van der Waals surface area contributed by atoms with Gasteiger partial charge >= 0.3 is 0 Å². The number of benzene rings is 1. The fourth-order valence-electron chi connectivity index (χ4n) is 5.09. The number of imidazole rings is 1. The molecule has 2 N–H and O–H groups in total. The number of carbonyl (C=O) groups is 1. The second kappa shape index (κ2) is 7.34. The SMILES string of the molecule is CCn1c(-c2nc3cc(C(=O)N4CCC[C@@H](N)C4)cc4c3n2CCO4)cc2cccnc21. The van der Waals surface area contributed by atoms with Gasteiger partial charge in [0.15, 0.2) is 5.82 Å². The third-order valence-electron chi connectivity index (χ3n) is 6.57. The van der Waals surface area contributed by atoms with Crippen molar-refractivity contribution in [2.75, 3.05) is 19.7 Å². The predicted octanol–water partition coefficient (Wildman–Crippen LogP) is 3.03. The number of aryl methyl sites for hydroxylation is 1. The molecule has 1 amide bonds. The van der Waals surface area contributed by atoms with Crippen LogP contribution in [-0.4, -0.2) is 55.6 Å². The van der Waals surface area contributed by atoms with Crippen molar-refractivity contribution in [1.29, 1.82) is 0 Å². The van der Waals surface area contributed by atoms with E-state index >= 15 is 0 Å². The molecular weight excluding hydrogens is 404 g/mol. The summed E-state index contributed by atoms with van der Waals surface area (Å²) in [5.41, 5.74) is 10.4. The Kier molecular flexibility index (Phi) is 4.43. The molecule has 1 aromatic carbocycles. The molecule has 6 rings (SSSR count). The van der Waals surface area contributed by atoms with Crippen molar-refractivity contribution in [2.45, 2.75) is 38.9 Å². The number of rotatable bonds is 3. The highest BCUT2D eigenvalue weighted by Crippen LogP contribution is 2.36. The lowest BCUT2D eigenvalue weighted by Gasteiger charge is -2.31. The van der Waals surface area contributed by atoms with Gasteiger partial charge in [0.1, 0.15) is 23.5 Å². The van der Waals surface area contributed by atoms with Crippen molar-refractivity contribution in [3.63, 3.8) is 0 Å². The van der Waals surface area contributed by atoms with Crippen molar-refractivity contribution >= 4 is 28.0 Å². The molecule has 8 nitrogen and oxygen atoms in total. The molecule has 1 atom stereocenters. The number of likely N-dealkylation sites (tertiary alicyclic amines) is 1. The normalized spacial score (nSPS) is 18.3. The number of fused-ring (bicyclic) bond motifs is 1. The summed E-state index contributed by atoms with van der Waals surface area (Å²) in [6.07, 6.45) is 3.72. The van der Waals surface area contributed by atoms with Crippen LogP contribution in [-0.2, 0) is 13.1 Å². The molecule has 1 saturated heterocycles. The van der Waals surface area contributed by atoms with E-state index in [2.05, 4.69) is 33.2 Å². The Morgan fingerprint density at radius 3 is 3.03 bits per heavy atom. The maximum absolute atomic E-state index is 13.2. The van der Waals surface area contributed by atoms with Crippen LogP contribution in [0.5, 0.6) is 5.75 Å². The topological polar surface area (TPSA) is 91.2 Å². The summed E-state index contributed by atoms with van der Waals surface area (Å²) in [7, 11) is 0. The van der Waals surface area contributed by atoms with Crippen LogP contribution in [0.3, 0.4) is 0 Å². The van der Waals surface area contributed by atoms with Crippen LogP contribution in [0.1, 0.15) is 30.1 Å². The number of nitrogens with zero attached hydrogens (tertiary/aromatic N) is 5. The first-order valence-electron chi connectivity index (χ1n) is 11.3. The highest BCUT2D eigenvalue weighted by atomic mass is 16.5. The lowest BCUT2D eigenvalue weighted by atomic mass is 10.0. The molecule has 4 aromatic rings. The number of nitrogens with two attached hydrogens (primary N) is 1. The van der Waals surface area contributed by atoms with Crippen LogP contribution in [0.25, 0.3) is 33.6 Å². The van der Waals surface area contributed by atoms with Crippen molar-refractivity contribution in [2.24, 2.45) is 5.73 Å². The number of hydrogen-bond acceptors (Lipinski definition) is 5. The zero-order valence-electron chi connectivity index (χ0n) is 18.1. The first kappa shape index (κ1) is 19.3. The maximum atomic E-state index is 13.2. The molecule has 0 radical (unpaired) electrons. The van der Waals surface area contributed by atoms with E-state index in [4.69, 9.17) is 15.5 Å². The van der Waals surface area contributed by atoms with E-state index in [1.165, 1.54) is 0 Å². The van der Waals surface area contributed by atoms with E-state index in [0.717, 1.165) is 65.3 Å². The summed E-state index contributed by atoms with van der Waals surface area (Å²) in [4.78, 5) is 24.6. The van der Waals surface area contributed by atoms with Gasteiger partial charge in [-0.2, -0.15) is 0 Å². The average molecular weight is 431 g/mol. The van der Waals surface area contributed by atoms with Crippen molar-refractivity contribution in [3.8, 4) is 17.3 Å². The maximum Gasteiger partial charge on any atom is 0.254 e. The number of amides is 1. The molecule has 0 bridgehead atoms. The van der Waals surface area contributed by atoms with Gasteiger partial charge in [0.25, 0.3) is 5.91 Å². The standard InChI is InChI=1S/C24H26N6O2/c1-2-29-19(12-15-5-3-7-26-22(15)29)23-27-18-11-16(13-20-21(18)30(23)9-10-32-20)24(31)28-8-4-6-17(25)14-28/h3,5,7,11-13,17H,2,4,6,8-10,14,25H2,1H3/t17-/m1/s1. The van der Waals surface area contributed by atoms with E-state index < -0.39 is 0 Å². The van der Waals surface area contributed by atoms with Crippen LogP contribution in [0.15, 0.2) is 36.5 Å². The van der Waals surface area contributed by atoms with Crippen molar-refractivity contribution < 1.29 is 9.53 Å². The third-order valence-corrected chi connectivity index (χ3v) is 6.57. The van der Waals surface area contributed by atoms with Crippen LogP contribution in [0.4, 0.5) is 0 Å². The zero-order valence-corrected chi connectivity index (χ0v) is 18.1. The Labute approximate surface area is 185 Å². The third kappa shape index (κ3) is 2.90. The minimum absolute atomic E-state index is 0.00422. The van der Waals surface area contributed by atoms with Gasteiger partial charge in [0, 0.05) is 42.8 Å². The van der Waals surface area contributed by atoms with E-state index in [0.29, 0.717) is 25.3 Å². The van der Waals surface area contributed by atoms with Crippen LogP contribution in [0.2, 0.25) is 0 Å². The van der Waals surface area contributed by atoms with Gasteiger partial charge in [-0.05, 0) is 50.1 Å². The lowest BCUT2D eigenvalue weighted by Crippen LogP contribution is -2.45. The summed E-state index contributed by atoms with van der Waals surface area (Å²) < 4.78 is 10.4. The van der Waals surface area contributed by atoms with Gasteiger partial charge in [-0.1, -0.05) is 0 Å². The summed E-state index contributed by atoms with van der Waals surface area (Å²) in [6, 6.07) is 9.98. The van der Waals surface area contributed by atoms with Crippen LogP contribution in [0, 0.1) is 0 Å². The van der Waals surface area contributed by atoms with Gasteiger partial charge < -0.3 is 24.5 Å². The molecule has 0 saturated carbocycles. The molecule has 3 aromatic heterocycles. The fourth-order valence-corrected chi connectivity index (χ4v) is 5.09. The van der Waals surface area contributed by atoms with Gasteiger partial charge in [-0.15, -0.1) is 0 Å². The molecule has 164 valence electrons. The molecule has 0 spiro atoms. The predicted molar refractivity (Wildman–Crippen MR) is 123 cm³/mol. The zero-order chi connectivity index (χ0) is 21.8.